The summed E-state index contributed by atoms with van der Waals surface area (Å²) in [6.45, 7) is 12.5. The molecule has 0 amide bonds. The first-order chi connectivity index (χ1) is 5.39. The molecule has 1 fully saturated rings. The Kier molecular flexibility index (Phi) is 2.36. The Balaban J connectivity index is 2.74. The smallest absolute Gasteiger partial charge is 0.345 e. The van der Waals surface area contributed by atoms with Crippen LogP contribution in [0, 0.1) is 0 Å². The molecule has 0 aromatic carbocycles. The second kappa shape index (κ2) is 2.89. The van der Waals surface area contributed by atoms with Crippen molar-refractivity contribution in [1.82, 2.24) is 0 Å². The Labute approximate surface area is 75.0 Å². The molecule has 0 aliphatic carbocycles. The molecule has 1 aliphatic heterocycles. The maximum Gasteiger partial charge on any atom is 0.345 e. The molecule has 0 aromatic rings. The quantitative estimate of drug-likeness (QED) is 0.556. The van der Waals surface area contributed by atoms with Gasteiger partial charge in [0, 0.05) is 0 Å². The van der Waals surface area contributed by atoms with E-state index in [0.717, 1.165) is 0 Å². The van der Waals surface area contributed by atoms with Crippen molar-refractivity contribution in [2.75, 3.05) is 6.51 Å². The van der Waals surface area contributed by atoms with Crippen LogP contribution in [0.2, 0.25) is 0 Å². The van der Waals surface area contributed by atoms with E-state index in [1.54, 1.807) is 5.98 Å². The third-order valence-corrected chi connectivity index (χ3v) is 2.77. The van der Waals surface area contributed by atoms with Crippen LogP contribution in [0.5, 0.6) is 0 Å². The lowest BCUT2D eigenvalue weighted by Gasteiger charge is -2.47. The van der Waals surface area contributed by atoms with E-state index in [1.807, 2.05) is 27.7 Å². The molecule has 3 heteroatoms. The fourth-order valence-corrected chi connectivity index (χ4v) is 1.13. The summed E-state index contributed by atoms with van der Waals surface area (Å²) in [4.78, 5) is 0. The normalized spacial score (nSPS) is 26.8. The largest absolute Gasteiger partial charge is 0.422 e. The van der Waals surface area contributed by atoms with Crippen molar-refractivity contribution in [3.8, 4) is 0 Å². The minimum Gasteiger partial charge on any atom is -0.422 e. The molecule has 0 unspecified atom stereocenters. The summed E-state index contributed by atoms with van der Waals surface area (Å²) < 4.78 is 11.5. The maximum absolute atomic E-state index is 5.80. The molecule has 0 atom stereocenters. The van der Waals surface area contributed by atoms with Crippen molar-refractivity contribution in [3.05, 3.63) is 12.6 Å². The highest BCUT2D eigenvalue weighted by Gasteiger charge is 2.45. The van der Waals surface area contributed by atoms with E-state index >= 15 is 0 Å². The monoisotopic (exact) mass is 168 g/mol. The number of ether oxygens (including phenoxy) is 1. The van der Waals surface area contributed by atoms with Gasteiger partial charge in [-0.15, -0.1) is 6.58 Å². The second-order valence-corrected chi connectivity index (χ2v) is 4.22. The van der Waals surface area contributed by atoms with Gasteiger partial charge in [0.05, 0.1) is 17.7 Å². The van der Waals surface area contributed by atoms with E-state index in [0.29, 0.717) is 6.51 Å². The zero-order chi connectivity index (χ0) is 9.41. The highest BCUT2D eigenvalue weighted by molar-refractivity contribution is 6.57. The fourth-order valence-electron chi connectivity index (χ4n) is 1.13. The third-order valence-electron chi connectivity index (χ3n) is 2.77. The first-order valence-electron chi connectivity index (χ1n) is 4.33. The topological polar surface area (TPSA) is 18.5 Å². The van der Waals surface area contributed by atoms with Crippen LogP contribution in [0.25, 0.3) is 0 Å². The summed E-state index contributed by atoms with van der Waals surface area (Å²) in [5.74, 6) is 1.79. The molecule has 0 bridgehead atoms. The predicted octanol–water partition coefficient (Wildman–Crippen LogP) is 1.85. The Morgan fingerprint density at radius 3 is 2.25 bits per heavy atom. The van der Waals surface area contributed by atoms with Crippen molar-refractivity contribution < 1.29 is 9.39 Å². The maximum atomic E-state index is 5.80. The van der Waals surface area contributed by atoms with Crippen LogP contribution in [0.15, 0.2) is 12.6 Å². The molecule has 2 nitrogen and oxygen atoms in total. The van der Waals surface area contributed by atoms with E-state index in [1.165, 1.54) is 0 Å². The number of hydrogen-bond acceptors (Lipinski definition) is 2. The van der Waals surface area contributed by atoms with Gasteiger partial charge in [-0.2, -0.15) is 0 Å². The minimum atomic E-state index is -0.246. The van der Waals surface area contributed by atoms with Gasteiger partial charge in [-0.25, -0.2) is 0 Å². The first-order valence-corrected chi connectivity index (χ1v) is 4.33. The summed E-state index contributed by atoms with van der Waals surface area (Å²) in [6.07, 6.45) is 0. The summed E-state index contributed by atoms with van der Waals surface area (Å²) >= 11 is 0. The Morgan fingerprint density at radius 2 is 1.83 bits per heavy atom. The third kappa shape index (κ3) is 1.57. The number of hydrogen-bond donors (Lipinski definition) is 0. The summed E-state index contributed by atoms with van der Waals surface area (Å²) in [7, 11) is 0. The standard InChI is InChI=1S/C9H17BO2/c1-6-10-7-11-8(2,3)9(4,5)12-10/h6H,1,7H2,2-5H3. The van der Waals surface area contributed by atoms with E-state index in [9.17, 15) is 0 Å². The van der Waals surface area contributed by atoms with Gasteiger partial charge >= 0.3 is 6.92 Å². The van der Waals surface area contributed by atoms with Gasteiger partial charge in [0.1, 0.15) is 0 Å². The molecule has 1 heterocycles. The summed E-state index contributed by atoms with van der Waals surface area (Å²) in [5, 5.41) is 0. The van der Waals surface area contributed by atoms with Gasteiger partial charge in [-0.05, 0) is 27.7 Å². The van der Waals surface area contributed by atoms with Crippen molar-refractivity contribution in [2.45, 2.75) is 38.9 Å². The molecule has 1 aliphatic rings. The van der Waals surface area contributed by atoms with Crippen molar-refractivity contribution in [1.29, 1.82) is 0 Å². The molecule has 68 valence electrons. The molecule has 0 aromatic heterocycles. The van der Waals surface area contributed by atoms with Gasteiger partial charge in [0.15, 0.2) is 0 Å². The average molecular weight is 168 g/mol. The zero-order valence-electron chi connectivity index (χ0n) is 8.39. The molecule has 0 N–H and O–H groups in total. The van der Waals surface area contributed by atoms with Gasteiger partial charge in [0.2, 0.25) is 0 Å². The van der Waals surface area contributed by atoms with Crippen LogP contribution in [0.4, 0.5) is 0 Å². The van der Waals surface area contributed by atoms with Crippen LogP contribution < -0.4 is 0 Å². The van der Waals surface area contributed by atoms with Gasteiger partial charge in [0.25, 0.3) is 0 Å². The number of rotatable bonds is 1. The molecule has 0 radical (unpaired) electrons. The van der Waals surface area contributed by atoms with Crippen LogP contribution in [-0.4, -0.2) is 24.6 Å². The van der Waals surface area contributed by atoms with Crippen molar-refractivity contribution >= 4 is 6.92 Å². The Morgan fingerprint density at radius 1 is 1.25 bits per heavy atom. The minimum absolute atomic E-state index is 0.0352. The van der Waals surface area contributed by atoms with Crippen LogP contribution in [-0.2, 0) is 9.39 Å². The molecule has 0 saturated carbocycles. The van der Waals surface area contributed by atoms with Crippen molar-refractivity contribution in [2.24, 2.45) is 0 Å². The summed E-state index contributed by atoms with van der Waals surface area (Å²) in [5.41, 5.74) is -0.462. The van der Waals surface area contributed by atoms with Gasteiger partial charge < -0.3 is 9.39 Å². The predicted molar refractivity (Wildman–Crippen MR) is 51.1 cm³/mol. The fraction of sp³-hybridized carbons (Fsp3) is 0.778. The lowest BCUT2D eigenvalue weighted by Crippen LogP contribution is -2.58. The van der Waals surface area contributed by atoms with E-state index < -0.39 is 0 Å². The van der Waals surface area contributed by atoms with Crippen LogP contribution >= 0.6 is 0 Å². The van der Waals surface area contributed by atoms with E-state index in [4.69, 9.17) is 9.39 Å². The second-order valence-electron chi connectivity index (χ2n) is 4.22. The van der Waals surface area contributed by atoms with Gasteiger partial charge in [-0.3, -0.25) is 0 Å². The molecule has 12 heavy (non-hydrogen) atoms. The molecule has 0 spiro atoms. The summed E-state index contributed by atoms with van der Waals surface area (Å²) in [6, 6.07) is 0. The Hall–Kier alpha value is -0.275. The molecular weight excluding hydrogens is 151 g/mol. The SMILES string of the molecule is C=CB1COC(C)(C)C(C)(C)O1. The zero-order valence-corrected chi connectivity index (χ0v) is 8.39. The lowest BCUT2D eigenvalue weighted by molar-refractivity contribution is -0.152. The van der Waals surface area contributed by atoms with Gasteiger partial charge in [-0.1, -0.05) is 5.98 Å². The Bertz CT molecular complexity index is 187. The highest BCUT2D eigenvalue weighted by Crippen LogP contribution is 2.33. The highest BCUT2D eigenvalue weighted by atomic mass is 16.6. The molecule has 1 saturated heterocycles. The molecule has 1 rings (SSSR count). The van der Waals surface area contributed by atoms with Crippen LogP contribution in [0.3, 0.4) is 0 Å². The van der Waals surface area contributed by atoms with Crippen molar-refractivity contribution in [3.63, 3.8) is 0 Å². The first kappa shape index (κ1) is 9.81. The lowest BCUT2D eigenvalue weighted by atomic mass is 9.66. The van der Waals surface area contributed by atoms with E-state index in [2.05, 4.69) is 6.58 Å². The van der Waals surface area contributed by atoms with E-state index in [-0.39, 0.29) is 18.1 Å². The average Bonchev–Trinajstić information content (AvgIpc) is 1.95. The molecular formula is C9H17BO2. The van der Waals surface area contributed by atoms with Crippen LogP contribution in [0.1, 0.15) is 27.7 Å².